The normalized spacial score (nSPS) is 24.4. The predicted octanol–water partition coefficient (Wildman–Crippen LogP) is -0.175. The minimum Gasteiger partial charge on any atom is -0.396 e. The van der Waals surface area contributed by atoms with Gasteiger partial charge < -0.3 is 15.3 Å². The van der Waals surface area contributed by atoms with Crippen LogP contribution < -0.4 is 5.32 Å². The van der Waals surface area contributed by atoms with E-state index in [0.717, 1.165) is 25.9 Å². The Balaban J connectivity index is 2.22. The van der Waals surface area contributed by atoms with Crippen molar-refractivity contribution in [2.45, 2.75) is 25.8 Å². The number of likely N-dealkylation sites (tertiary alicyclic amines) is 1. The fourth-order valence-electron chi connectivity index (χ4n) is 1.68. The van der Waals surface area contributed by atoms with E-state index in [1.807, 2.05) is 7.05 Å². The molecule has 4 heteroatoms. The van der Waals surface area contributed by atoms with Crippen molar-refractivity contribution in [3.8, 4) is 0 Å². The molecule has 82 valence electrons. The van der Waals surface area contributed by atoms with Crippen LogP contribution in [0.15, 0.2) is 0 Å². The van der Waals surface area contributed by atoms with Gasteiger partial charge in [0.2, 0.25) is 5.91 Å². The summed E-state index contributed by atoms with van der Waals surface area (Å²) in [6.45, 7) is 3.96. The van der Waals surface area contributed by atoms with Gasteiger partial charge in [0.25, 0.3) is 0 Å². The summed E-state index contributed by atoms with van der Waals surface area (Å²) in [5, 5.41) is 12.0. The van der Waals surface area contributed by atoms with E-state index in [9.17, 15) is 4.79 Å². The van der Waals surface area contributed by atoms with Crippen LogP contribution in [-0.2, 0) is 4.79 Å². The van der Waals surface area contributed by atoms with Crippen LogP contribution in [0.1, 0.15) is 19.8 Å². The summed E-state index contributed by atoms with van der Waals surface area (Å²) in [6, 6.07) is 0.00106. The molecule has 1 fully saturated rings. The van der Waals surface area contributed by atoms with E-state index < -0.39 is 0 Å². The zero-order valence-corrected chi connectivity index (χ0v) is 8.99. The lowest BCUT2D eigenvalue weighted by Gasteiger charge is -2.15. The highest BCUT2D eigenvalue weighted by molar-refractivity contribution is 5.83. The number of hydrogen-bond donors (Lipinski definition) is 2. The molecule has 0 aliphatic carbocycles. The van der Waals surface area contributed by atoms with E-state index in [2.05, 4.69) is 12.2 Å². The van der Waals surface area contributed by atoms with Gasteiger partial charge in [-0.2, -0.15) is 0 Å². The molecule has 2 atom stereocenters. The van der Waals surface area contributed by atoms with E-state index in [1.165, 1.54) is 0 Å². The lowest BCUT2D eigenvalue weighted by atomic mass is 10.1. The van der Waals surface area contributed by atoms with Gasteiger partial charge in [0.15, 0.2) is 0 Å². The zero-order chi connectivity index (χ0) is 10.6. The van der Waals surface area contributed by atoms with Crippen LogP contribution in [0, 0.1) is 5.92 Å². The van der Waals surface area contributed by atoms with Gasteiger partial charge in [0.05, 0.1) is 6.04 Å². The Morgan fingerprint density at radius 3 is 2.93 bits per heavy atom. The first-order valence-corrected chi connectivity index (χ1v) is 5.24. The van der Waals surface area contributed by atoms with Crippen molar-refractivity contribution in [1.82, 2.24) is 10.2 Å². The molecule has 1 aliphatic heterocycles. The van der Waals surface area contributed by atoms with Crippen molar-refractivity contribution in [2.24, 2.45) is 5.92 Å². The average Bonchev–Trinajstić information content (AvgIpc) is 2.46. The highest BCUT2D eigenvalue weighted by Gasteiger charge is 2.28. The third kappa shape index (κ3) is 2.96. The van der Waals surface area contributed by atoms with E-state index >= 15 is 0 Å². The molecule has 0 radical (unpaired) electrons. The number of carbonyl (C=O) groups is 1. The monoisotopic (exact) mass is 200 g/mol. The van der Waals surface area contributed by atoms with Gasteiger partial charge in [0.1, 0.15) is 0 Å². The minimum atomic E-state index is 0.00106. The lowest BCUT2D eigenvalue weighted by Crippen LogP contribution is -2.39. The standard InChI is InChI=1S/C10H20N2O2/c1-8(4-6-13)7-11-9-3-5-12(2)10(9)14/h8-9,11,13H,3-7H2,1-2H3. The maximum Gasteiger partial charge on any atom is 0.239 e. The van der Waals surface area contributed by atoms with Crippen molar-refractivity contribution in [3.63, 3.8) is 0 Å². The van der Waals surface area contributed by atoms with Gasteiger partial charge >= 0.3 is 0 Å². The molecule has 0 aromatic rings. The largest absolute Gasteiger partial charge is 0.396 e. The first kappa shape index (κ1) is 11.5. The molecule has 0 aromatic carbocycles. The third-order valence-corrected chi connectivity index (χ3v) is 2.76. The maximum absolute atomic E-state index is 11.5. The molecule has 4 nitrogen and oxygen atoms in total. The van der Waals surface area contributed by atoms with Crippen LogP contribution in [0.25, 0.3) is 0 Å². The molecule has 2 N–H and O–H groups in total. The molecule has 0 spiro atoms. The third-order valence-electron chi connectivity index (χ3n) is 2.76. The predicted molar refractivity (Wildman–Crippen MR) is 54.9 cm³/mol. The molecule has 0 bridgehead atoms. The Labute approximate surface area is 85.3 Å². The molecule has 1 saturated heterocycles. The van der Waals surface area contributed by atoms with Crippen LogP contribution in [0.3, 0.4) is 0 Å². The first-order valence-electron chi connectivity index (χ1n) is 5.24. The zero-order valence-electron chi connectivity index (χ0n) is 8.99. The SMILES string of the molecule is CC(CCO)CNC1CCN(C)C1=O. The van der Waals surface area contributed by atoms with Gasteiger partial charge in [-0.1, -0.05) is 6.92 Å². The number of amides is 1. The highest BCUT2D eigenvalue weighted by atomic mass is 16.3. The van der Waals surface area contributed by atoms with Gasteiger partial charge in [-0.15, -0.1) is 0 Å². The van der Waals surface area contributed by atoms with Crippen molar-refractivity contribution in [3.05, 3.63) is 0 Å². The molecule has 1 heterocycles. The van der Waals surface area contributed by atoms with E-state index in [0.29, 0.717) is 5.92 Å². The quantitative estimate of drug-likeness (QED) is 0.647. The smallest absolute Gasteiger partial charge is 0.239 e. The Hall–Kier alpha value is -0.610. The molecule has 1 amide bonds. The maximum atomic E-state index is 11.5. The van der Waals surface area contributed by atoms with Crippen LogP contribution in [-0.4, -0.2) is 48.7 Å². The number of likely N-dealkylation sites (N-methyl/N-ethyl adjacent to an activating group) is 1. The van der Waals surface area contributed by atoms with Crippen molar-refractivity contribution in [1.29, 1.82) is 0 Å². The molecule has 14 heavy (non-hydrogen) atoms. The number of aliphatic hydroxyl groups excluding tert-OH is 1. The molecule has 1 aliphatic rings. The van der Waals surface area contributed by atoms with E-state index in [1.54, 1.807) is 4.90 Å². The van der Waals surface area contributed by atoms with Gasteiger partial charge in [-0.3, -0.25) is 4.79 Å². The number of nitrogens with zero attached hydrogens (tertiary/aromatic N) is 1. The number of aliphatic hydroxyl groups is 1. The van der Waals surface area contributed by atoms with Crippen LogP contribution in [0.4, 0.5) is 0 Å². The highest BCUT2D eigenvalue weighted by Crippen LogP contribution is 2.09. The molecule has 1 rings (SSSR count). The number of hydrogen-bond acceptors (Lipinski definition) is 3. The fraction of sp³-hybridized carbons (Fsp3) is 0.900. The van der Waals surface area contributed by atoms with Crippen molar-refractivity contribution < 1.29 is 9.90 Å². The first-order chi connectivity index (χ1) is 6.65. The Kier molecular flexibility index (Phi) is 4.35. The number of nitrogens with one attached hydrogen (secondary N) is 1. The number of carbonyl (C=O) groups excluding carboxylic acids is 1. The summed E-state index contributed by atoms with van der Waals surface area (Å²) in [6.07, 6.45) is 1.70. The van der Waals surface area contributed by atoms with E-state index in [4.69, 9.17) is 5.11 Å². The Morgan fingerprint density at radius 1 is 1.71 bits per heavy atom. The van der Waals surface area contributed by atoms with E-state index in [-0.39, 0.29) is 18.6 Å². The second kappa shape index (κ2) is 5.32. The molecule has 0 aromatic heterocycles. The van der Waals surface area contributed by atoms with Crippen LogP contribution in [0.5, 0.6) is 0 Å². The van der Waals surface area contributed by atoms with Crippen LogP contribution in [0.2, 0.25) is 0 Å². The molecular weight excluding hydrogens is 180 g/mol. The lowest BCUT2D eigenvalue weighted by molar-refractivity contribution is -0.128. The average molecular weight is 200 g/mol. The van der Waals surface area contributed by atoms with Crippen molar-refractivity contribution in [2.75, 3.05) is 26.7 Å². The second-order valence-corrected chi connectivity index (χ2v) is 4.13. The van der Waals surface area contributed by atoms with Crippen molar-refractivity contribution >= 4 is 5.91 Å². The summed E-state index contributed by atoms with van der Waals surface area (Å²) in [7, 11) is 1.83. The van der Waals surface area contributed by atoms with Gasteiger partial charge in [0, 0.05) is 20.2 Å². The Morgan fingerprint density at radius 2 is 2.43 bits per heavy atom. The Bertz CT molecular complexity index is 197. The molecular formula is C10H20N2O2. The van der Waals surface area contributed by atoms with Crippen LogP contribution >= 0.6 is 0 Å². The molecule has 2 unspecified atom stereocenters. The summed E-state index contributed by atoms with van der Waals surface area (Å²) < 4.78 is 0. The minimum absolute atomic E-state index is 0.00106. The molecule has 0 saturated carbocycles. The summed E-state index contributed by atoms with van der Waals surface area (Å²) >= 11 is 0. The topological polar surface area (TPSA) is 52.6 Å². The van der Waals surface area contributed by atoms with Gasteiger partial charge in [-0.25, -0.2) is 0 Å². The van der Waals surface area contributed by atoms with Gasteiger partial charge in [-0.05, 0) is 25.3 Å². The fourth-order valence-corrected chi connectivity index (χ4v) is 1.68. The summed E-state index contributed by atoms with van der Waals surface area (Å²) in [4.78, 5) is 13.2. The summed E-state index contributed by atoms with van der Waals surface area (Å²) in [5.41, 5.74) is 0. The second-order valence-electron chi connectivity index (χ2n) is 4.13. The summed E-state index contributed by atoms with van der Waals surface area (Å²) in [5.74, 6) is 0.625. The number of rotatable bonds is 5.